The molecular weight excluding hydrogens is 319 g/mol. The summed E-state index contributed by atoms with van der Waals surface area (Å²) in [6.45, 7) is 4.28. The molecule has 2 atom stereocenters. The second-order valence-corrected chi connectivity index (χ2v) is 7.18. The van der Waals surface area contributed by atoms with Crippen molar-refractivity contribution >= 4 is 5.91 Å². The van der Waals surface area contributed by atoms with Gasteiger partial charge in [-0.3, -0.25) is 4.79 Å². The summed E-state index contributed by atoms with van der Waals surface area (Å²) in [6.07, 6.45) is 5.72. The fourth-order valence-corrected chi connectivity index (χ4v) is 3.49. The summed E-state index contributed by atoms with van der Waals surface area (Å²) in [5, 5.41) is 7.45. The first-order valence-corrected chi connectivity index (χ1v) is 8.74. The van der Waals surface area contributed by atoms with Gasteiger partial charge >= 0.3 is 0 Å². The molecule has 1 aromatic carbocycles. The number of nitrogens with one attached hydrogen (secondary N) is 1. The van der Waals surface area contributed by atoms with Gasteiger partial charge in [-0.05, 0) is 51.0 Å². The summed E-state index contributed by atoms with van der Waals surface area (Å²) in [5.41, 5.74) is 8.43. The zero-order chi connectivity index (χ0) is 18.0. The maximum atomic E-state index is 13.0. The average Bonchev–Trinajstić information content (AvgIpc) is 2.94. The van der Waals surface area contributed by atoms with Gasteiger partial charge in [-0.15, -0.1) is 0 Å². The van der Waals surface area contributed by atoms with Crippen LogP contribution in [0.25, 0.3) is 5.69 Å². The number of amides is 1. The van der Waals surface area contributed by atoms with E-state index in [0.717, 1.165) is 42.6 Å². The van der Waals surface area contributed by atoms with Crippen LogP contribution < -0.4 is 11.1 Å². The highest BCUT2D eigenvalue weighted by molar-refractivity contribution is 5.80. The molecule has 0 radical (unpaired) electrons. The van der Waals surface area contributed by atoms with Gasteiger partial charge < -0.3 is 11.1 Å². The van der Waals surface area contributed by atoms with E-state index in [1.54, 1.807) is 16.8 Å². The lowest BCUT2D eigenvalue weighted by molar-refractivity contribution is -0.128. The number of nitrogens with zero attached hydrogens (tertiary/aromatic N) is 2. The highest BCUT2D eigenvalue weighted by atomic mass is 19.1. The molecule has 6 heteroatoms. The molecule has 1 amide bonds. The molecule has 2 unspecified atom stereocenters. The van der Waals surface area contributed by atoms with Gasteiger partial charge in [0.25, 0.3) is 0 Å². The fourth-order valence-electron chi connectivity index (χ4n) is 3.49. The van der Waals surface area contributed by atoms with Crippen molar-refractivity contribution in [1.29, 1.82) is 0 Å². The van der Waals surface area contributed by atoms with Crippen LogP contribution in [0.2, 0.25) is 0 Å². The van der Waals surface area contributed by atoms with E-state index >= 15 is 0 Å². The largest absolute Gasteiger partial charge is 0.352 e. The van der Waals surface area contributed by atoms with Crippen LogP contribution in [0.4, 0.5) is 4.39 Å². The van der Waals surface area contributed by atoms with E-state index in [1.807, 2.05) is 20.0 Å². The van der Waals surface area contributed by atoms with Crippen molar-refractivity contribution in [2.45, 2.75) is 51.6 Å². The normalized spacial score (nSPS) is 23.4. The van der Waals surface area contributed by atoms with Gasteiger partial charge in [0.05, 0.1) is 17.3 Å². The minimum Gasteiger partial charge on any atom is -0.352 e. The Labute approximate surface area is 147 Å². The molecule has 5 nitrogen and oxygen atoms in total. The van der Waals surface area contributed by atoms with Crippen LogP contribution in [0.5, 0.6) is 0 Å². The van der Waals surface area contributed by atoms with Crippen molar-refractivity contribution in [3.63, 3.8) is 0 Å². The van der Waals surface area contributed by atoms with Gasteiger partial charge in [0.15, 0.2) is 0 Å². The standard InChI is InChI=1S/C19H25FN4O/c1-13-14(12-24(23-13)16-8-6-15(20)7-9-16)11-22-18(25)17-5-3-4-10-19(17,2)21/h6-9,12,17H,3-5,10-11,21H2,1-2H3,(H,22,25). The molecule has 0 saturated heterocycles. The molecule has 3 N–H and O–H groups in total. The summed E-state index contributed by atoms with van der Waals surface area (Å²) in [5.74, 6) is -0.412. The first kappa shape index (κ1) is 17.6. The summed E-state index contributed by atoms with van der Waals surface area (Å²) in [4.78, 5) is 12.6. The molecule has 25 heavy (non-hydrogen) atoms. The second kappa shape index (κ2) is 6.96. The third kappa shape index (κ3) is 3.90. The van der Waals surface area contributed by atoms with Crippen molar-refractivity contribution in [2.24, 2.45) is 11.7 Å². The summed E-state index contributed by atoms with van der Waals surface area (Å²) >= 11 is 0. The SMILES string of the molecule is Cc1nn(-c2ccc(F)cc2)cc1CNC(=O)C1CCCCC1(C)N. The number of rotatable bonds is 4. The molecule has 0 aliphatic heterocycles. The molecule has 0 bridgehead atoms. The number of aryl methyl sites for hydroxylation is 1. The third-order valence-electron chi connectivity index (χ3n) is 5.12. The number of hydrogen-bond donors (Lipinski definition) is 2. The lowest BCUT2D eigenvalue weighted by Gasteiger charge is -2.37. The Morgan fingerprint density at radius 3 is 2.80 bits per heavy atom. The molecule has 0 spiro atoms. The Bertz CT molecular complexity index is 751. The van der Waals surface area contributed by atoms with Crippen LogP contribution in [0, 0.1) is 18.7 Å². The van der Waals surface area contributed by atoms with E-state index in [1.165, 1.54) is 12.1 Å². The highest BCUT2D eigenvalue weighted by Crippen LogP contribution is 2.31. The van der Waals surface area contributed by atoms with Crippen LogP contribution >= 0.6 is 0 Å². The Kier molecular flexibility index (Phi) is 4.90. The number of benzene rings is 1. The molecular formula is C19H25FN4O. The molecule has 1 heterocycles. The van der Waals surface area contributed by atoms with E-state index in [2.05, 4.69) is 10.4 Å². The number of nitrogens with two attached hydrogens (primary N) is 1. The summed E-state index contributed by atoms with van der Waals surface area (Å²) < 4.78 is 14.7. The van der Waals surface area contributed by atoms with Gasteiger partial charge in [0.2, 0.25) is 5.91 Å². The topological polar surface area (TPSA) is 72.9 Å². The minimum atomic E-state index is -0.435. The van der Waals surface area contributed by atoms with E-state index in [-0.39, 0.29) is 17.6 Å². The Morgan fingerprint density at radius 1 is 1.40 bits per heavy atom. The number of halogens is 1. The van der Waals surface area contributed by atoms with Crippen LogP contribution in [-0.4, -0.2) is 21.2 Å². The maximum Gasteiger partial charge on any atom is 0.225 e. The minimum absolute atomic E-state index is 0.0126. The number of hydrogen-bond acceptors (Lipinski definition) is 3. The lowest BCUT2D eigenvalue weighted by Crippen LogP contribution is -2.52. The first-order chi connectivity index (χ1) is 11.9. The van der Waals surface area contributed by atoms with Crippen molar-refractivity contribution < 1.29 is 9.18 Å². The average molecular weight is 344 g/mol. The van der Waals surface area contributed by atoms with Gasteiger partial charge in [0.1, 0.15) is 5.82 Å². The van der Waals surface area contributed by atoms with Crippen LogP contribution in [-0.2, 0) is 11.3 Å². The van der Waals surface area contributed by atoms with Crippen molar-refractivity contribution in [1.82, 2.24) is 15.1 Å². The van der Waals surface area contributed by atoms with Gasteiger partial charge in [-0.1, -0.05) is 12.8 Å². The molecule has 1 aliphatic rings. The Morgan fingerprint density at radius 2 is 2.12 bits per heavy atom. The van der Waals surface area contributed by atoms with Crippen LogP contribution in [0.1, 0.15) is 43.9 Å². The van der Waals surface area contributed by atoms with Gasteiger partial charge in [0, 0.05) is 23.8 Å². The molecule has 1 fully saturated rings. The number of aromatic nitrogens is 2. The van der Waals surface area contributed by atoms with Crippen LogP contribution in [0.15, 0.2) is 30.5 Å². The Balaban J connectivity index is 1.67. The Hall–Kier alpha value is -2.21. The van der Waals surface area contributed by atoms with E-state index in [0.29, 0.717) is 6.54 Å². The van der Waals surface area contributed by atoms with Crippen molar-refractivity contribution in [3.05, 3.63) is 47.5 Å². The molecule has 3 rings (SSSR count). The molecule has 1 aromatic heterocycles. The monoisotopic (exact) mass is 344 g/mol. The smallest absolute Gasteiger partial charge is 0.225 e. The van der Waals surface area contributed by atoms with Gasteiger partial charge in [-0.2, -0.15) is 5.10 Å². The third-order valence-corrected chi connectivity index (χ3v) is 5.12. The predicted molar refractivity (Wildman–Crippen MR) is 94.7 cm³/mol. The number of carbonyl (C=O) groups is 1. The fraction of sp³-hybridized carbons (Fsp3) is 0.474. The molecule has 1 saturated carbocycles. The second-order valence-electron chi connectivity index (χ2n) is 7.18. The van der Waals surface area contributed by atoms with E-state index < -0.39 is 5.54 Å². The quantitative estimate of drug-likeness (QED) is 0.896. The zero-order valence-corrected chi connectivity index (χ0v) is 14.8. The van der Waals surface area contributed by atoms with Gasteiger partial charge in [-0.25, -0.2) is 9.07 Å². The lowest BCUT2D eigenvalue weighted by atomic mass is 9.74. The summed E-state index contributed by atoms with van der Waals surface area (Å²) in [7, 11) is 0. The van der Waals surface area contributed by atoms with Crippen LogP contribution in [0.3, 0.4) is 0 Å². The maximum absolute atomic E-state index is 13.0. The first-order valence-electron chi connectivity index (χ1n) is 8.74. The van der Waals surface area contributed by atoms with E-state index in [9.17, 15) is 9.18 Å². The highest BCUT2D eigenvalue weighted by Gasteiger charge is 2.37. The van der Waals surface area contributed by atoms with E-state index in [4.69, 9.17) is 5.73 Å². The molecule has 134 valence electrons. The zero-order valence-electron chi connectivity index (χ0n) is 14.8. The molecule has 2 aromatic rings. The van der Waals surface area contributed by atoms with Crippen molar-refractivity contribution in [3.8, 4) is 5.69 Å². The summed E-state index contributed by atoms with van der Waals surface area (Å²) in [6, 6.07) is 6.15. The predicted octanol–water partition coefficient (Wildman–Crippen LogP) is 2.84. The molecule has 1 aliphatic carbocycles. The van der Waals surface area contributed by atoms with Crippen molar-refractivity contribution in [2.75, 3.05) is 0 Å². The number of carbonyl (C=O) groups excluding carboxylic acids is 1.